The Hall–Kier alpha value is -2.83. The number of benzene rings is 3. The van der Waals surface area contributed by atoms with Gasteiger partial charge in [-0.25, -0.2) is 17.6 Å². The van der Waals surface area contributed by atoms with E-state index in [-0.39, 0.29) is 40.9 Å². The summed E-state index contributed by atoms with van der Waals surface area (Å²) in [4.78, 5) is 0. The summed E-state index contributed by atoms with van der Waals surface area (Å²) in [5.41, 5.74) is 0.496. The van der Waals surface area contributed by atoms with Gasteiger partial charge in [-0.2, -0.15) is 4.39 Å². The van der Waals surface area contributed by atoms with Crippen LogP contribution in [0.3, 0.4) is 0 Å². The molecule has 0 bridgehead atoms. The van der Waals surface area contributed by atoms with Gasteiger partial charge in [-0.05, 0) is 123 Å². The molecule has 0 N–H and O–H groups in total. The lowest BCUT2D eigenvalue weighted by Crippen LogP contribution is -2.24. The molecule has 3 saturated carbocycles. The van der Waals surface area contributed by atoms with Crippen LogP contribution in [0.15, 0.2) is 30.3 Å². The molecule has 0 aliphatic heterocycles. The minimum absolute atomic E-state index is 0.0405. The Bertz CT molecular complexity index is 1430. The first kappa shape index (κ1) is 30.2. The molecular weight excluding hydrogens is 559 g/mol. The molecular formula is C36H41F5O2. The smallest absolute Gasteiger partial charge is 0.200 e. The molecule has 7 heteroatoms. The van der Waals surface area contributed by atoms with Gasteiger partial charge in [0, 0.05) is 0 Å². The third-order valence-corrected chi connectivity index (χ3v) is 10.5. The minimum Gasteiger partial charge on any atom is -0.491 e. The maximum atomic E-state index is 15.3. The van der Waals surface area contributed by atoms with Crippen LogP contribution in [0.25, 0.3) is 10.8 Å². The number of rotatable bonds is 8. The van der Waals surface area contributed by atoms with Gasteiger partial charge in [-0.15, -0.1) is 0 Å². The largest absolute Gasteiger partial charge is 0.491 e. The zero-order valence-corrected chi connectivity index (χ0v) is 24.9. The molecule has 0 spiro atoms. The van der Waals surface area contributed by atoms with Gasteiger partial charge >= 0.3 is 0 Å². The van der Waals surface area contributed by atoms with Crippen LogP contribution in [0.5, 0.6) is 11.5 Å². The lowest BCUT2D eigenvalue weighted by Gasteiger charge is -2.32. The maximum Gasteiger partial charge on any atom is 0.200 e. The van der Waals surface area contributed by atoms with E-state index in [2.05, 4.69) is 0 Å². The standard InChI is InChI=1S/C36H41F5O2/c1-2-42-29-17-15-26-19-28(33(38)36(41)31(26)34(29)39)25-13-11-24(12-14-25)27-16-18-30(35(40)32(27)37)43-20-21-7-9-23(10-8-21)22-5-3-4-6-22/h15-19,21-25H,2-14,20H2,1H3. The highest BCUT2D eigenvalue weighted by Gasteiger charge is 2.32. The Labute approximate surface area is 251 Å². The molecule has 3 aromatic carbocycles. The van der Waals surface area contributed by atoms with Crippen molar-refractivity contribution in [2.24, 2.45) is 17.8 Å². The molecule has 3 aliphatic carbocycles. The summed E-state index contributed by atoms with van der Waals surface area (Å²) in [6.45, 7) is 2.29. The fourth-order valence-electron chi connectivity index (χ4n) is 8.10. The third-order valence-electron chi connectivity index (χ3n) is 10.5. The number of hydrogen-bond acceptors (Lipinski definition) is 2. The van der Waals surface area contributed by atoms with Crippen molar-refractivity contribution in [3.05, 3.63) is 70.5 Å². The van der Waals surface area contributed by atoms with Crippen LogP contribution in [0.1, 0.15) is 107 Å². The molecule has 43 heavy (non-hydrogen) atoms. The van der Waals surface area contributed by atoms with Crippen LogP contribution in [-0.2, 0) is 0 Å². The Morgan fingerprint density at radius 1 is 0.581 bits per heavy atom. The summed E-state index contributed by atoms with van der Waals surface area (Å²) < 4.78 is 86.4. The zero-order valence-electron chi connectivity index (χ0n) is 24.9. The van der Waals surface area contributed by atoms with Crippen LogP contribution >= 0.6 is 0 Å². The second-order valence-electron chi connectivity index (χ2n) is 13.0. The second-order valence-corrected chi connectivity index (χ2v) is 13.0. The second kappa shape index (κ2) is 13.0. The zero-order chi connectivity index (χ0) is 30.1. The average molecular weight is 601 g/mol. The average Bonchev–Trinajstić information content (AvgIpc) is 3.57. The van der Waals surface area contributed by atoms with E-state index in [1.54, 1.807) is 13.0 Å². The number of ether oxygens (including phenoxy) is 2. The summed E-state index contributed by atoms with van der Waals surface area (Å²) in [7, 11) is 0. The van der Waals surface area contributed by atoms with Crippen molar-refractivity contribution in [1.82, 2.24) is 0 Å². The molecule has 6 rings (SSSR count). The normalized spacial score (nSPS) is 24.9. The van der Waals surface area contributed by atoms with Crippen molar-refractivity contribution in [2.45, 2.75) is 95.8 Å². The Morgan fingerprint density at radius 2 is 1.16 bits per heavy atom. The summed E-state index contributed by atoms with van der Waals surface area (Å²) in [5.74, 6) is -3.65. The van der Waals surface area contributed by atoms with Crippen LogP contribution in [0, 0.1) is 46.8 Å². The summed E-state index contributed by atoms with van der Waals surface area (Å²) in [5, 5.41) is -0.153. The van der Waals surface area contributed by atoms with Crippen LogP contribution in [0.4, 0.5) is 22.0 Å². The van der Waals surface area contributed by atoms with Gasteiger partial charge in [0.2, 0.25) is 5.82 Å². The fraction of sp³-hybridized carbons (Fsp3) is 0.556. The number of hydrogen-bond donors (Lipinski definition) is 0. The highest BCUT2D eigenvalue weighted by Crippen LogP contribution is 2.45. The van der Waals surface area contributed by atoms with E-state index >= 15 is 17.6 Å². The van der Waals surface area contributed by atoms with E-state index in [0.29, 0.717) is 43.8 Å². The number of halogens is 5. The van der Waals surface area contributed by atoms with Crippen LogP contribution in [0.2, 0.25) is 0 Å². The van der Waals surface area contributed by atoms with E-state index in [9.17, 15) is 4.39 Å². The Kier molecular flexibility index (Phi) is 9.16. The van der Waals surface area contributed by atoms with Gasteiger partial charge in [0.05, 0.1) is 18.6 Å². The van der Waals surface area contributed by atoms with Crippen molar-refractivity contribution in [1.29, 1.82) is 0 Å². The topological polar surface area (TPSA) is 18.5 Å². The van der Waals surface area contributed by atoms with E-state index < -0.39 is 34.5 Å². The first-order valence-electron chi connectivity index (χ1n) is 16.2. The maximum absolute atomic E-state index is 15.3. The van der Waals surface area contributed by atoms with Gasteiger partial charge in [0.25, 0.3) is 0 Å². The molecule has 3 fully saturated rings. The van der Waals surface area contributed by atoms with Gasteiger partial charge in [0.1, 0.15) is 0 Å². The van der Waals surface area contributed by atoms with Crippen LogP contribution in [-0.4, -0.2) is 13.2 Å². The van der Waals surface area contributed by atoms with E-state index in [1.165, 1.54) is 62.8 Å². The molecule has 0 atom stereocenters. The van der Waals surface area contributed by atoms with Gasteiger partial charge in [-0.3, -0.25) is 0 Å². The molecule has 3 aliphatic rings. The monoisotopic (exact) mass is 600 g/mol. The van der Waals surface area contributed by atoms with E-state index in [0.717, 1.165) is 24.7 Å². The summed E-state index contributed by atoms with van der Waals surface area (Å²) >= 11 is 0. The molecule has 0 amide bonds. The predicted octanol–water partition coefficient (Wildman–Crippen LogP) is 10.8. The number of fused-ring (bicyclic) bond motifs is 1. The lowest BCUT2D eigenvalue weighted by molar-refractivity contribution is 0.151. The third kappa shape index (κ3) is 6.10. The van der Waals surface area contributed by atoms with Crippen molar-refractivity contribution in [2.75, 3.05) is 13.2 Å². The molecule has 232 valence electrons. The van der Waals surface area contributed by atoms with Gasteiger partial charge < -0.3 is 9.47 Å². The molecule has 3 aromatic rings. The molecule has 0 aromatic heterocycles. The van der Waals surface area contributed by atoms with E-state index in [4.69, 9.17) is 9.47 Å². The van der Waals surface area contributed by atoms with Gasteiger partial charge in [0.15, 0.2) is 34.8 Å². The predicted molar refractivity (Wildman–Crippen MR) is 158 cm³/mol. The van der Waals surface area contributed by atoms with Crippen LogP contribution < -0.4 is 9.47 Å². The first-order valence-corrected chi connectivity index (χ1v) is 16.2. The van der Waals surface area contributed by atoms with Crippen molar-refractivity contribution in [3.8, 4) is 11.5 Å². The quantitative estimate of drug-likeness (QED) is 0.240. The minimum atomic E-state index is -1.22. The lowest BCUT2D eigenvalue weighted by atomic mass is 9.75. The van der Waals surface area contributed by atoms with Gasteiger partial charge in [-0.1, -0.05) is 37.8 Å². The van der Waals surface area contributed by atoms with Crippen molar-refractivity contribution >= 4 is 10.8 Å². The highest BCUT2D eigenvalue weighted by atomic mass is 19.2. The Morgan fingerprint density at radius 3 is 1.84 bits per heavy atom. The fourth-order valence-corrected chi connectivity index (χ4v) is 8.10. The van der Waals surface area contributed by atoms with E-state index in [1.807, 2.05) is 0 Å². The summed E-state index contributed by atoms with van der Waals surface area (Å²) in [6, 6.07) is 7.61. The first-order chi connectivity index (χ1) is 20.9. The molecule has 0 radical (unpaired) electrons. The molecule has 2 nitrogen and oxygen atoms in total. The van der Waals surface area contributed by atoms with Crippen molar-refractivity contribution in [3.63, 3.8) is 0 Å². The van der Waals surface area contributed by atoms with Crippen molar-refractivity contribution < 1.29 is 31.4 Å². The molecule has 0 saturated heterocycles. The summed E-state index contributed by atoms with van der Waals surface area (Å²) in [6.07, 6.45) is 12.0. The SMILES string of the molecule is CCOc1ccc2cc(C3CCC(c4ccc(OCC5CCC(C6CCCC6)CC5)c(F)c4F)CC3)c(F)c(F)c2c1F. The molecule has 0 heterocycles. The Balaban J connectivity index is 1.08. The molecule has 0 unspecified atom stereocenters. The highest BCUT2D eigenvalue weighted by molar-refractivity contribution is 5.86.